The Hall–Kier alpha value is -3.00. The zero-order valence-electron chi connectivity index (χ0n) is 17.2. The van der Waals surface area contributed by atoms with Gasteiger partial charge in [0.1, 0.15) is 23.4 Å². The van der Waals surface area contributed by atoms with Crippen LogP contribution in [0.25, 0.3) is 17.3 Å². The van der Waals surface area contributed by atoms with Gasteiger partial charge in [-0.2, -0.15) is 4.98 Å². The smallest absolute Gasteiger partial charge is 0.249 e. The van der Waals surface area contributed by atoms with Gasteiger partial charge in [0.25, 0.3) is 0 Å². The third kappa shape index (κ3) is 3.21. The molecular formula is C21H22ClFN6O. The van der Waals surface area contributed by atoms with Crippen molar-refractivity contribution >= 4 is 29.0 Å². The lowest BCUT2D eigenvalue weighted by Crippen LogP contribution is -2.55. The number of fused-ring (bicyclic) bond motifs is 1. The molecule has 0 radical (unpaired) electrons. The van der Waals surface area contributed by atoms with Crippen molar-refractivity contribution in [3.05, 3.63) is 47.6 Å². The first-order valence-corrected chi connectivity index (χ1v) is 10.1. The molecule has 30 heavy (non-hydrogen) atoms. The zero-order valence-corrected chi connectivity index (χ0v) is 17.9. The predicted octanol–water partition coefficient (Wildman–Crippen LogP) is 4.09. The van der Waals surface area contributed by atoms with Gasteiger partial charge in [0, 0.05) is 31.0 Å². The van der Waals surface area contributed by atoms with E-state index in [1.807, 2.05) is 25.7 Å². The highest BCUT2D eigenvalue weighted by Gasteiger charge is 2.38. The molecule has 0 bridgehead atoms. The molecule has 1 aliphatic heterocycles. The molecule has 1 unspecified atom stereocenters. The van der Waals surface area contributed by atoms with Crippen LogP contribution in [0.3, 0.4) is 0 Å². The first kappa shape index (κ1) is 20.3. The molecule has 9 heteroatoms. The van der Waals surface area contributed by atoms with Crippen LogP contribution in [0.2, 0.25) is 5.02 Å². The second-order valence-electron chi connectivity index (χ2n) is 7.45. The van der Waals surface area contributed by atoms with Gasteiger partial charge in [-0.05, 0) is 38.5 Å². The van der Waals surface area contributed by atoms with Gasteiger partial charge >= 0.3 is 0 Å². The first-order chi connectivity index (χ1) is 14.3. The van der Waals surface area contributed by atoms with Crippen LogP contribution >= 0.6 is 11.6 Å². The molecule has 1 amide bonds. The van der Waals surface area contributed by atoms with Crippen molar-refractivity contribution in [3.63, 3.8) is 0 Å². The number of amides is 1. The van der Waals surface area contributed by atoms with E-state index in [4.69, 9.17) is 16.6 Å². The molecule has 0 aliphatic carbocycles. The summed E-state index contributed by atoms with van der Waals surface area (Å²) in [6.45, 7) is 6.07. The van der Waals surface area contributed by atoms with E-state index in [1.165, 1.54) is 12.1 Å². The summed E-state index contributed by atoms with van der Waals surface area (Å²) in [7, 11) is 1.74. The average molecular weight is 429 g/mol. The Balaban J connectivity index is 1.84. The van der Waals surface area contributed by atoms with Crippen LogP contribution < -0.4 is 9.80 Å². The summed E-state index contributed by atoms with van der Waals surface area (Å²) in [5.74, 6) is 1.18. The lowest BCUT2D eigenvalue weighted by Gasteiger charge is -2.42. The van der Waals surface area contributed by atoms with Gasteiger partial charge in [0.15, 0.2) is 5.82 Å². The van der Waals surface area contributed by atoms with Crippen LogP contribution in [0.4, 0.5) is 15.9 Å². The number of hydrogen-bond acceptors (Lipinski definition) is 5. The SMILES string of the molecule is CCC1C(=O)N(C)c2cnc(-n3ccnc3-c3ccc(F)c(Cl)c3)nc2N1C(C)C. The maximum atomic E-state index is 13.6. The number of carbonyl (C=O) groups excluding carboxylic acids is 1. The number of aromatic nitrogens is 4. The largest absolute Gasteiger partial charge is 0.340 e. The maximum absolute atomic E-state index is 13.6. The number of halogens is 2. The standard InChI is InChI=1S/C21H22ClFN6O/c1-5-16-20(30)27(4)17-11-25-21(26-19(17)29(16)12(2)3)28-9-8-24-18(28)13-6-7-15(23)14(22)10-13/h6-12,16H,5H2,1-4H3. The lowest BCUT2D eigenvalue weighted by molar-refractivity contribution is -0.120. The molecule has 0 N–H and O–H groups in total. The zero-order chi connectivity index (χ0) is 21.6. The summed E-state index contributed by atoms with van der Waals surface area (Å²) in [5.41, 5.74) is 1.31. The molecule has 1 aromatic carbocycles. The maximum Gasteiger partial charge on any atom is 0.249 e. The molecule has 7 nitrogen and oxygen atoms in total. The highest BCUT2D eigenvalue weighted by molar-refractivity contribution is 6.31. The van der Waals surface area contributed by atoms with Crippen LogP contribution in [-0.2, 0) is 4.79 Å². The molecule has 0 fully saturated rings. The van der Waals surface area contributed by atoms with E-state index in [-0.39, 0.29) is 23.0 Å². The van der Waals surface area contributed by atoms with Crippen molar-refractivity contribution in [2.45, 2.75) is 39.3 Å². The average Bonchev–Trinajstić information content (AvgIpc) is 3.21. The molecule has 4 rings (SSSR count). The summed E-state index contributed by atoms with van der Waals surface area (Å²) >= 11 is 5.95. The second kappa shape index (κ2) is 7.68. The Bertz CT molecular complexity index is 1110. The molecule has 1 aliphatic rings. The molecular weight excluding hydrogens is 407 g/mol. The Morgan fingerprint density at radius 1 is 1.27 bits per heavy atom. The topological polar surface area (TPSA) is 67.2 Å². The van der Waals surface area contributed by atoms with E-state index >= 15 is 0 Å². The third-order valence-electron chi connectivity index (χ3n) is 5.27. The van der Waals surface area contributed by atoms with Crippen LogP contribution in [0, 0.1) is 5.82 Å². The number of rotatable bonds is 4. The van der Waals surface area contributed by atoms with E-state index in [0.29, 0.717) is 35.3 Å². The number of likely N-dealkylation sites (N-methyl/N-ethyl adjacent to an activating group) is 1. The Morgan fingerprint density at radius 2 is 2.03 bits per heavy atom. The van der Waals surface area contributed by atoms with Crippen molar-refractivity contribution in [1.29, 1.82) is 0 Å². The summed E-state index contributed by atoms with van der Waals surface area (Å²) in [4.78, 5) is 30.1. The first-order valence-electron chi connectivity index (χ1n) is 9.75. The van der Waals surface area contributed by atoms with E-state index in [2.05, 4.69) is 9.97 Å². The Labute approximate surface area is 179 Å². The van der Waals surface area contributed by atoms with Crippen LogP contribution in [0.15, 0.2) is 36.8 Å². The van der Waals surface area contributed by atoms with Gasteiger partial charge in [-0.25, -0.2) is 14.4 Å². The van der Waals surface area contributed by atoms with Crippen molar-refractivity contribution in [1.82, 2.24) is 19.5 Å². The molecule has 3 aromatic rings. The summed E-state index contributed by atoms with van der Waals surface area (Å²) < 4.78 is 15.3. The molecule has 3 heterocycles. The van der Waals surface area contributed by atoms with Gasteiger partial charge in [-0.1, -0.05) is 18.5 Å². The minimum Gasteiger partial charge on any atom is -0.340 e. The predicted molar refractivity (Wildman–Crippen MR) is 115 cm³/mol. The highest BCUT2D eigenvalue weighted by Crippen LogP contribution is 2.36. The van der Waals surface area contributed by atoms with Gasteiger partial charge in [0.2, 0.25) is 11.9 Å². The Morgan fingerprint density at radius 3 is 2.70 bits per heavy atom. The second-order valence-corrected chi connectivity index (χ2v) is 7.86. The fourth-order valence-electron chi connectivity index (χ4n) is 3.80. The summed E-state index contributed by atoms with van der Waals surface area (Å²) in [6.07, 6.45) is 5.69. The number of nitrogens with zero attached hydrogens (tertiary/aromatic N) is 6. The molecule has 0 saturated carbocycles. The van der Waals surface area contributed by atoms with Crippen LogP contribution in [-0.4, -0.2) is 44.6 Å². The van der Waals surface area contributed by atoms with E-state index in [0.717, 1.165) is 0 Å². The molecule has 156 valence electrons. The van der Waals surface area contributed by atoms with Gasteiger partial charge in [-0.15, -0.1) is 0 Å². The third-order valence-corrected chi connectivity index (χ3v) is 5.56. The number of carbonyl (C=O) groups is 1. The molecule has 0 spiro atoms. The Kier molecular flexibility index (Phi) is 5.19. The van der Waals surface area contributed by atoms with Crippen molar-refractivity contribution < 1.29 is 9.18 Å². The van der Waals surface area contributed by atoms with E-state index < -0.39 is 5.82 Å². The minimum absolute atomic E-state index is 0.0188. The summed E-state index contributed by atoms with van der Waals surface area (Å²) in [5, 5.41) is 0.0188. The van der Waals surface area contributed by atoms with Crippen LogP contribution in [0.1, 0.15) is 27.2 Å². The highest BCUT2D eigenvalue weighted by atomic mass is 35.5. The molecule has 1 atom stereocenters. The normalized spacial score (nSPS) is 16.4. The number of benzene rings is 1. The van der Waals surface area contributed by atoms with Gasteiger partial charge < -0.3 is 9.80 Å². The molecule has 2 aromatic heterocycles. The number of hydrogen-bond donors (Lipinski definition) is 0. The fourth-order valence-corrected chi connectivity index (χ4v) is 3.98. The van der Waals surface area contributed by atoms with Gasteiger partial charge in [-0.3, -0.25) is 9.36 Å². The van der Waals surface area contributed by atoms with E-state index in [1.54, 1.807) is 41.2 Å². The van der Waals surface area contributed by atoms with Crippen molar-refractivity contribution in [3.8, 4) is 17.3 Å². The lowest BCUT2D eigenvalue weighted by atomic mass is 10.1. The quantitative estimate of drug-likeness (QED) is 0.626. The number of imidazole rings is 1. The monoisotopic (exact) mass is 428 g/mol. The molecule has 0 saturated heterocycles. The van der Waals surface area contributed by atoms with Crippen LogP contribution in [0.5, 0.6) is 0 Å². The van der Waals surface area contributed by atoms with Crippen molar-refractivity contribution in [2.24, 2.45) is 0 Å². The minimum atomic E-state index is -0.491. The fraction of sp³-hybridized carbons (Fsp3) is 0.333. The summed E-state index contributed by atoms with van der Waals surface area (Å²) in [6, 6.07) is 4.22. The van der Waals surface area contributed by atoms with E-state index in [9.17, 15) is 9.18 Å². The van der Waals surface area contributed by atoms with Gasteiger partial charge in [0.05, 0.1) is 11.2 Å². The van der Waals surface area contributed by atoms with Crippen molar-refractivity contribution in [2.75, 3.05) is 16.8 Å². The number of anilines is 2.